The topological polar surface area (TPSA) is 45.2 Å². The van der Waals surface area contributed by atoms with Crippen LogP contribution in [0.2, 0.25) is 0 Å². The van der Waals surface area contributed by atoms with Crippen molar-refractivity contribution in [1.82, 2.24) is 19.9 Å². The molecular weight excluding hydrogens is 306 g/mol. The number of thiazole rings is 1. The fourth-order valence-corrected chi connectivity index (χ4v) is 4.09. The van der Waals surface area contributed by atoms with Gasteiger partial charge in [-0.25, -0.2) is 15.0 Å². The number of benzene rings is 1. The highest BCUT2D eigenvalue weighted by atomic mass is 32.1. The van der Waals surface area contributed by atoms with Crippen molar-refractivity contribution in [3.05, 3.63) is 46.9 Å². The molecule has 23 heavy (non-hydrogen) atoms. The molecule has 1 aromatic carbocycles. The Morgan fingerprint density at radius 2 is 2.09 bits per heavy atom. The second-order valence-electron chi connectivity index (χ2n) is 6.05. The Bertz CT molecular complexity index is 809. The van der Waals surface area contributed by atoms with Crippen LogP contribution in [0, 0.1) is 0 Å². The predicted octanol–water partition coefficient (Wildman–Crippen LogP) is 2.71. The molecular formula is C17H19N5S. The van der Waals surface area contributed by atoms with Gasteiger partial charge in [-0.05, 0) is 12.1 Å². The summed E-state index contributed by atoms with van der Waals surface area (Å²) in [6.07, 6.45) is 2.65. The van der Waals surface area contributed by atoms with E-state index in [1.54, 1.807) is 17.7 Å². The van der Waals surface area contributed by atoms with E-state index in [4.69, 9.17) is 4.98 Å². The van der Waals surface area contributed by atoms with Crippen molar-refractivity contribution in [2.24, 2.45) is 0 Å². The smallest absolute Gasteiger partial charge is 0.136 e. The van der Waals surface area contributed by atoms with Crippen molar-refractivity contribution in [3.63, 3.8) is 0 Å². The van der Waals surface area contributed by atoms with Gasteiger partial charge in [0.15, 0.2) is 0 Å². The van der Waals surface area contributed by atoms with Crippen molar-refractivity contribution >= 4 is 27.4 Å². The lowest BCUT2D eigenvalue weighted by molar-refractivity contribution is 0.243. The highest BCUT2D eigenvalue weighted by Gasteiger charge is 2.22. The molecule has 0 saturated heterocycles. The van der Waals surface area contributed by atoms with Crippen molar-refractivity contribution < 1.29 is 0 Å². The number of aromatic nitrogens is 3. The third kappa shape index (κ3) is 2.80. The van der Waals surface area contributed by atoms with Gasteiger partial charge in [0.25, 0.3) is 0 Å². The van der Waals surface area contributed by atoms with Gasteiger partial charge >= 0.3 is 0 Å². The molecule has 5 nitrogen and oxygen atoms in total. The van der Waals surface area contributed by atoms with Crippen LogP contribution in [0.15, 0.2) is 30.6 Å². The number of para-hydroxylation sites is 1. The van der Waals surface area contributed by atoms with Crippen LogP contribution >= 0.6 is 11.3 Å². The molecule has 1 aliphatic rings. The molecule has 0 amide bonds. The molecule has 0 bridgehead atoms. The molecule has 0 N–H and O–H groups in total. The largest absolute Gasteiger partial charge is 0.362 e. The average Bonchev–Trinajstić information content (AvgIpc) is 2.96. The fourth-order valence-electron chi connectivity index (χ4n) is 3.08. The minimum Gasteiger partial charge on any atom is -0.362 e. The van der Waals surface area contributed by atoms with Gasteiger partial charge in [-0.1, -0.05) is 12.1 Å². The van der Waals surface area contributed by atoms with E-state index in [-0.39, 0.29) is 0 Å². The summed E-state index contributed by atoms with van der Waals surface area (Å²) in [4.78, 5) is 18.2. The lowest BCUT2D eigenvalue weighted by Crippen LogP contribution is -2.32. The molecule has 6 heteroatoms. The second-order valence-corrected chi connectivity index (χ2v) is 7.17. The highest BCUT2D eigenvalue weighted by Crippen LogP contribution is 2.27. The Hall–Kier alpha value is -2.05. The Morgan fingerprint density at radius 1 is 1.22 bits per heavy atom. The Labute approximate surface area is 139 Å². The van der Waals surface area contributed by atoms with Crippen LogP contribution in [-0.2, 0) is 19.5 Å². The Kier molecular flexibility index (Phi) is 3.71. The molecule has 118 valence electrons. The van der Waals surface area contributed by atoms with Crippen LogP contribution in [-0.4, -0.2) is 40.5 Å². The molecule has 0 saturated carbocycles. The van der Waals surface area contributed by atoms with Crippen LogP contribution in [0.4, 0.5) is 5.82 Å². The van der Waals surface area contributed by atoms with E-state index in [0.717, 1.165) is 37.4 Å². The maximum absolute atomic E-state index is 4.76. The number of fused-ring (bicyclic) bond motifs is 2. The van der Waals surface area contributed by atoms with Gasteiger partial charge in [0.1, 0.15) is 17.2 Å². The molecule has 1 aliphatic heterocycles. The van der Waals surface area contributed by atoms with Gasteiger partial charge in [0.2, 0.25) is 0 Å². The Morgan fingerprint density at radius 3 is 2.91 bits per heavy atom. The van der Waals surface area contributed by atoms with Crippen LogP contribution in [0.25, 0.3) is 10.2 Å². The van der Waals surface area contributed by atoms with E-state index in [1.165, 1.54) is 21.0 Å². The average molecular weight is 325 g/mol. The van der Waals surface area contributed by atoms with Crippen molar-refractivity contribution in [2.45, 2.75) is 19.5 Å². The minimum atomic E-state index is 0.889. The van der Waals surface area contributed by atoms with Crippen LogP contribution in [0.5, 0.6) is 0 Å². The van der Waals surface area contributed by atoms with E-state index in [9.17, 15) is 0 Å². The summed E-state index contributed by atoms with van der Waals surface area (Å²) >= 11 is 1.79. The van der Waals surface area contributed by atoms with Crippen molar-refractivity contribution in [2.75, 3.05) is 25.5 Å². The molecule has 0 atom stereocenters. The monoisotopic (exact) mass is 325 g/mol. The first kappa shape index (κ1) is 14.5. The zero-order chi connectivity index (χ0) is 15.8. The van der Waals surface area contributed by atoms with Gasteiger partial charge < -0.3 is 4.90 Å². The molecule has 0 unspecified atom stereocenters. The van der Waals surface area contributed by atoms with E-state index >= 15 is 0 Å². The van der Waals surface area contributed by atoms with Gasteiger partial charge in [0, 0.05) is 39.2 Å². The van der Waals surface area contributed by atoms with Crippen molar-refractivity contribution in [3.8, 4) is 0 Å². The third-order valence-electron chi connectivity index (χ3n) is 4.18. The SMILES string of the molecule is CN(C)c1ncnc2c1CN(Cc1nc3ccccc3s1)CC2. The highest BCUT2D eigenvalue weighted by molar-refractivity contribution is 7.18. The summed E-state index contributed by atoms with van der Waals surface area (Å²) in [5.41, 5.74) is 3.54. The summed E-state index contributed by atoms with van der Waals surface area (Å²) in [7, 11) is 4.07. The molecule has 2 aromatic heterocycles. The van der Waals surface area contributed by atoms with Gasteiger partial charge in [-0.2, -0.15) is 0 Å². The van der Waals surface area contributed by atoms with Crippen LogP contribution in [0.1, 0.15) is 16.3 Å². The van der Waals surface area contributed by atoms with E-state index in [1.807, 2.05) is 20.2 Å². The molecule has 0 aliphatic carbocycles. The molecule has 3 aromatic rings. The first-order valence-electron chi connectivity index (χ1n) is 7.77. The van der Waals surface area contributed by atoms with Gasteiger partial charge in [0.05, 0.1) is 22.5 Å². The molecule has 4 rings (SSSR count). The fraction of sp³-hybridized carbons (Fsp3) is 0.353. The summed E-state index contributed by atoms with van der Waals surface area (Å²) in [6.45, 7) is 2.80. The first-order valence-corrected chi connectivity index (χ1v) is 8.59. The van der Waals surface area contributed by atoms with E-state index in [0.29, 0.717) is 0 Å². The Balaban J connectivity index is 1.58. The standard InChI is InChI=1S/C17H19N5S/c1-21(2)17-12-9-22(8-7-13(12)18-11-19-17)10-16-20-14-5-3-4-6-15(14)23-16/h3-6,11H,7-10H2,1-2H3. The predicted molar refractivity (Wildman–Crippen MR) is 93.8 cm³/mol. The normalized spacial score (nSPS) is 14.9. The van der Waals surface area contributed by atoms with Crippen LogP contribution in [0.3, 0.4) is 0 Å². The van der Waals surface area contributed by atoms with Crippen molar-refractivity contribution in [1.29, 1.82) is 0 Å². The summed E-state index contributed by atoms with van der Waals surface area (Å²) in [6, 6.07) is 8.34. The maximum Gasteiger partial charge on any atom is 0.136 e. The third-order valence-corrected chi connectivity index (χ3v) is 5.20. The molecule has 0 spiro atoms. The molecule has 0 fully saturated rings. The summed E-state index contributed by atoms with van der Waals surface area (Å²) < 4.78 is 1.26. The second kappa shape index (κ2) is 5.86. The number of rotatable bonds is 3. The van der Waals surface area contributed by atoms with E-state index in [2.05, 4.69) is 38.0 Å². The molecule has 3 heterocycles. The van der Waals surface area contributed by atoms with Crippen LogP contribution < -0.4 is 4.90 Å². The maximum atomic E-state index is 4.76. The number of hydrogen-bond donors (Lipinski definition) is 0. The number of anilines is 1. The number of nitrogens with zero attached hydrogens (tertiary/aromatic N) is 5. The first-order chi connectivity index (χ1) is 11.2. The van der Waals surface area contributed by atoms with E-state index < -0.39 is 0 Å². The summed E-state index contributed by atoms with van der Waals surface area (Å²) in [5, 5.41) is 1.18. The zero-order valence-corrected chi connectivity index (χ0v) is 14.2. The number of hydrogen-bond acceptors (Lipinski definition) is 6. The quantitative estimate of drug-likeness (QED) is 0.741. The van der Waals surface area contributed by atoms with Gasteiger partial charge in [-0.3, -0.25) is 4.90 Å². The lowest BCUT2D eigenvalue weighted by atomic mass is 10.1. The molecule has 0 radical (unpaired) electrons. The summed E-state index contributed by atoms with van der Waals surface area (Å²) in [5.74, 6) is 1.03. The minimum absolute atomic E-state index is 0.889. The zero-order valence-electron chi connectivity index (χ0n) is 13.4. The lowest BCUT2D eigenvalue weighted by Gasteiger charge is -2.29. The van der Waals surface area contributed by atoms with Gasteiger partial charge in [-0.15, -0.1) is 11.3 Å².